The predicted octanol–water partition coefficient (Wildman–Crippen LogP) is 2.95. The van der Waals surface area contributed by atoms with Crippen molar-refractivity contribution in [3.63, 3.8) is 0 Å². The van der Waals surface area contributed by atoms with Gasteiger partial charge in [0.1, 0.15) is 4.90 Å². The fraction of sp³-hybridized carbons (Fsp3) is 0.250. The number of nitrogens with two attached hydrogens (primary N) is 1. The van der Waals surface area contributed by atoms with Crippen molar-refractivity contribution in [1.29, 1.82) is 0 Å². The average molecular weight is 302 g/mol. The summed E-state index contributed by atoms with van der Waals surface area (Å²) in [5.74, 6) is 0. The number of anilines is 2. The first kappa shape index (κ1) is 13.9. The van der Waals surface area contributed by atoms with Crippen LogP contribution >= 0.6 is 0 Å². The Bertz CT molecular complexity index is 770. The summed E-state index contributed by atoms with van der Waals surface area (Å²) < 4.78 is 27.7. The summed E-state index contributed by atoms with van der Waals surface area (Å²) in [7, 11) is -3.65. The van der Waals surface area contributed by atoms with E-state index in [-0.39, 0.29) is 10.6 Å². The Kier molecular flexibility index (Phi) is 3.59. The maximum absolute atomic E-state index is 12.5. The van der Waals surface area contributed by atoms with Crippen molar-refractivity contribution < 1.29 is 8.42 Å². The molecule has 0 heterocycles. The average Bonchev–Trinajstić information content (AvgIpc) is 2.47. The molecule has 21 heavy (non-hydrogen) atoms. The summed E-state index contributed by atoms with van der Waals surface area (Å²) in [6.07, 6.45) is 4.19. The Morgan fingerprint density at radius 1 is 0.952 bits per heavy atom. The molecule has 0 atom stereocenters. The van der Waals surface area contributed by atoms with Gasteiger partial charge in [0, 0.05) is 0 Å². The van der Waals surface area contributed by atoms with Crippen LogP contribution in [0.2, 0.25) is 0 Å². The molecule has 3 rings (SSSR count). The first-order valence-electron chi connectivity index (χ1n) is 7.06. The van der Waals surface area contributed by atoms with Crippen molar-refractivity contribution >= 4 is 21.4 Å². The normalized spacial score (nSPS) is 14.5. The van der Waals surface area contributed by atoms with Gasteiger partial charge in [0.2, 0.25) is 0 Å². The highest BCUT2D eigenvalue weighted by Crippen LogP contribution is 2.30. The molecular formula is C16H18N2O2S. The second-order valence-corrected chi connectivity index (χ2v) is 6.94. The van der Waals surface area contributed by atoms with Gasteiger partial charge in [0.25, 0.3) is 10.0 Å². The Labute approximate surface area is 125 Å². The summed E-state index contributed by atoms with van der Waals surface area (Å²) in [5, 5.41) is 0. The van der Waals surface area contributed by atoms with Gasteiger partial charge in [-0.1, -0.05) is 24.3 Å². The SMILES string of the molecule is Nc1ccccc1S(=O)(=O)Nc1cccc2c1CCCC2. The second kappa shape index (κ2) is 5.41. The summed E-state index contributed by atoms with van der Waals surface area (Å²) in [4.78, 5) is 0.124. The van der Waals surface area contributed by atoms with Gasteiger partial charge < -0.3 is 5.73 Å². The lowest BCUT2D eigenvalue weighted by Gasteiger charge is -2.20. The van der Waals surface area contributed by atoms with Gasteiger partial charge in [-0.2, -0.15) is 0 Å². The van der Waals surface area contributed by atoms with E-state index in [1.165, 1.54) is 11.6 Å². The summed E-state index contributed by atoms with van der Waals surface area (Å²) in [5.41, 5.74) is 9.07. The van der Waals surface area contributed by atoms with Gasteiger partial charge in [-0.3, -0.25) is 4.72 Å². The maximum Gasteiger partial charge on any atom is 0.263 e. The minimum Gasteiger partial charge on any atom is -0.398 e. The number of nitrogens with one attached hydrogen (secondary N) is 1. The quantitative estimate of drug-likeness (QED) is 0.856. The molecule has 1 aliphatic rings. The van der Waals surface area contributed by atoms with Crippen molar-refractivity contribution in [2.75, 3.05) is 10.5 Å². The van der Waals surface area contributed by atoms with E-state index in [9.17, 15) is 8.42 Å². The molecule has 0 unspecified atom stereocenters. The molecule has 0 bridgehead atoms. The van der Waals surface area contributed by atoms with Crippen molar-refractivity contribution in [3.05, 3.63) is 53.6 Å². The standard InChI is InChI=1S/C16H18N2O2S/c17-14-9-3-4-11-16(14)21(19,20)18-15-10-5-7-12-6-1-2-8-13(12)15/h3-5,7,9-11,18H,1-2,6,8,17H2. The summed E-state index contributed by atoms with van der Waals surface area (Å²) in [6.45, 7) is 0. The zero-order valence-corrected chi connectivity index (χ0v) is 12.5. The van der Waals surface area contributed by atoms with E-state index in [2.05, 4.69) is 10.8 Å². The van der Waals surface area contributed by atoms with Gasteiger partial charge in [0.15, 0.2) is 0 Å². The van der Waals surface area contributed by atoms with Crippen LogP contribution in [0.4, 0.5) is 11.4 Å². The van der Waals surface area contributed by atoms with Crippen LogP contribution in [0, 0.1) is 0 Å². The number of sulfonamides is 1. The van der Waals surface area contributed by atoms with Gasteiger partial charge in [0.05, 0.1) is 11.4 Å². The molecule has 0 radical (unpaired) electrons. The molecule has 5 heteroatoms. The fourth-order valence-corrected chi connectivity index (χ4v) is 4.03. The number of para-hydroxylation sites is 1. The minimum atomic E-state index is -3.65. The van der Waals surface area contributed by atoms with Crippen molar-refractivity contribution in [2.45, 2.75) is 30.6 Å². The van der Waals surface area contributed by atoms with E-state index in [4.69, 9.17) is 5.73 Å². The molecule has 0 fully saturated rings. The molecule has 0 spiro atoms. The van der Waals surface area contributed by atoms with E-state index in [1.807, 2.05) is 12.1 Å². The fourth-order valence-electron chi connectivity index (χ4n) is 2.80. The molecule has 1 aliphatic carbocycles. The third kappa shape index (κ3) is 2.74. The molecule has 2 aromatic rings. The topological polar surface area (TPSA) is 72.2 Å². The van der Waals surface area contributed by atoms with E-state index in [0.717, 1.165) is 31.2 Å². The Balaban J connectivity index is 1.99. The van der Waals surface area contributed by atoms with Gasteiger partial charge in [-0.15, -0.1) is 0 Å². The lowest BCUT2D eigenvalue weighted by Crippen LogP contribution is -2.17. The number of rotatable bonds is 3. The van der Waals surface area contributed by atoms with Crippen molar-refractivity contribution in [2.24, 2.45) is 0 Å². The van der Waals surface area contributed by atoms with E-state index in [1.54, 1.807) is 18.2 Å². The number of benzene rings is 2. The zero-order chi connectivity index (χ0) is 14.9. The van der Waals surface area contributed by atoms with Crippen LogP contribution in [-0.4, -0.2) is 8.42 Å². The molecule has 0 aliphatic heterocycles. The van der Waals surface area contributed by atoms with E-state index in [0.29, 0.717) is 5.69 Å². The molecule has 0 amide bonds. The monoisotopic (exact) mass is 302 g/mol. The van der Waals surface area contributed by atoms with Crippen LogP contribution in [0.1, 0.15) is 24.0 Å². The van der Waals surface area contributed by atoms with Crippen molar-refractivity contribution in [1.82, 2.24) is 0 Å². The number of nitrogen functional groups attached to an aromatic ring is 1. The Morgan fingerprint density at radius 2 is 1.71 bits per heavy atom. The van der Waals surface area contributed by atoms with E-state index < -0.39 is 10.0 Å². The number of aryl methyl sites for hydroxylation is 1. The number of hydrogen-bond donors (Lipinski definition) is 2. The highest BCUT2D eigenvalue weighted by molar-refractivity contribution is 7.92. The molecule has 4 nitrogen and oxygen atoms in total. The molecule has 0 saturated heterocycles. The third-order valence-corrected chi connectivity index (χ3v) is 5.29. The highest BCUT2D eigenvalue weighted by atomic mass is 32.2. The van der Waals surface area contributed by atoms with Gasteiger partial charge in [-0.05, 0) is 55.0 Å². The Hall–Kier alpha value is -2.01. The van der Waals surface area contributed by atoms with Crippen LogP contribution in [0.5, 0.6) is 0 Å². The second-order valence-electron chi connectivity index (χ2n) is 5.29. The minimum absolute atomic E-state index is 0.124. The smallest absolute Gasteiger partial charge is 0.263 e. The van der Waals surface area contributed by atoms with Crippen LogP contribution in [0.3, 0.4) is 0 Å². The lowest BCUT2D eigenvalue weighted by atomic mass is 9.91. The largest absolute Gasteiger partial charge is 0.398 e. The first-order chi connectivity index (χ1) is 10.1. The molecular weight excluding hydrogens is 284 g/mol. The third-order valence-electron chi connectivity index (χ3n) is 3.85. The predicted molar refractivity (Wildman–Crippen MR) is 84.7 cm³/mol. The van der Waals surface area contributed by atoms with Crippen LogP contribution in [0.25, 0.3) is 0 Å². The Morgan fingerprint density at radius 3 is 2.52 bits per heavy atom. The molecule has 0 aromatic heterocycles. The molecule has 0 saturated carbocycles. The maximum atomic E-state index is 12.5. The number of hydrogen-bond acceptors (Lipinski definition) is 3. The molecule has 110 valence electrons. The molecule has 3 N–H and O–H groups in total. The first-order valence-corrected chi connectivity index (χ1v) is 8.54. The lowest BCUT2D eigenvalue weighted by molar-refractivity contribution is 0.601. The van der Waals surface area contributed by atoms with Gasteiger partial charge >= 0.3 is 0 Å². The van der Waals surface area contributed by atoms with Gasteiger partial charge in [-0.25, -0.2) is 8.42 Å². The van der Waals surface area contributed by atoms with Crippen LogP contribution < -0.4 is 10.5 Å². The van der Waals surface area contributed by atoms with Crippen LogP contribution in [0.15, 0.2) is 47.4 Å². The van der Waals surface area contributed by atoms with E-state index >= 15 is 0 Å². The summed E-state index contributed by atoms with van der Waals surface area (Å²) in [6, 6.07) is 12.3. The highest BCUT2D eigenvalue weighted by Gasteiger charge is 2.20. The zero-order valence-electron chi connectivity index (χ0n) is 11.7. The summed E-state index contributed by atoms with van der Waals surface area (Å²) >= 11 is 0. The number of fused-ring (bicyclic) bond motifs is 1. The van der Waals surface area contributed by atoms with Crippen LogP contribution in [-0.2, 0) is 22.9 Å². The molecule has 2 aromatic carbocycles. The van der Waals surface area contributed by atoms with Crippen molar-refractivity contribution in [3.8, 4) is 0 Å².